The highest BCUT2D eigenvalue weighted by Crippen LogP contribution is 2.14. The molecule has 1 aromatic rings. The van der Waals surface area contributed by atoms with E-state index in [1.807, 2.05) is 0 Å². The second-order valence-electron chi connectivity index (χ2n) is 4.39. The number of aromatic amines is 1. The van der Waals surface area contributed by atoms with Gasteiger partial charge in [0.1, 0.15) is 6.04 Å². The van der Waals surface area contributed by atoms with E-state index < -0.39 is 27.5 Å². The SMILES string of the molecule is CN1C(=O)CCC(NS(=O)(=O)c2ccc(=O)[nH]c2)C1=O. The maximum absolute atomic E-state index is 12.1. The summed E-state index contributed by atoms with van der Waals surface area (Å²) in [5, 5.41) is 0. The summed E-state index contributed by atoms with van der Waals surface area (Å²) in [6.45, 7) is 0. The fourth-order valence-electron chi connectivity index (χ4n) is 1.84. The van der Waals surface area contributed by atoms with Crippen LogP contribution < -0.4 is 10.3 Å². The van der Waals surface area contributed by atoms with E-state index in [4.69, 9.17) is 0 Å². The standard InChI is InChI=1S/C11H13N3O5S/c1-14-10(16)5-3-8(11(14)17)13-20(18,19)7-2-4-9(15)12-6-7/h2,4,6,8,13H,3,5H2,1H3,(H,12,15). The normalized spacial score (nSPS) is 20.2. The lowest BCUT2D eigenvalue weighted by atomic mass is 10.1. The summed E-state index contributed by atoms with van der Waals surface area (Å²) in [5.74, 6) is -0.927. The second kappa shape index (κ2) is 5.17. The smallest absolute Gasteiger partial charge is 0.247 e. The first-order valence-electron chi connectivity index (χ1n) is 5.83. The van der Waals surface area contributed by atoms with Crippen LogP contribution in [0.3, 0.4) is 0 Å². The maximum atomic E-state index is 12.1. The first kappa shape index (κ1) is 14.4. The molecule has 0 bridgehead atoms. The van der Waals surface area contributed by atoms with Crippen molar-refractivity contribution in [2.45, 2.75) is 23.8 Å². The van der Waals surface area contributed by atoms with Crippen LogP contribution >= 0.6 is 0 Å². The predicted molar refractivity (Wildman–Crippen MR) is 68.2 cm³/mol. The van der Waals surface area contributed by atoms with Crippen LogP contribution in [0.15, 0.2) is 28.0 Å². The lowest BCUT2D eigenvalue weighted by molar-refractivity contribution is -0.147. The monoisotopic (exact) mass is 299 g/mol. The third kappa shape index (κ3) is 2.78. The van der Waals surface area contributed by atoms with Gasteiger partial charge >= 0.3 is 0 Å². The van der Waals surface area contributed by atoms with E-state index in [0.717, 1.165) is 23.2 Å². The molecule has 2 rings (SSSR count). The number of carbonyl (C=O) groups excluding carboxylic acids is 2. The van der Waals surface area contributed by atoms with E-state index in [9.17, 15) is 22.8 Å². The number of imide groups is 1. The third-order valence-corrected chi connectivity index (χ3v) is 4.48. The van der Waals surface area contributed by atoms with Gasteiger partial charge in [0, 0.05) is 25.7 Å². The molecule has 8 nitrogen and oxygen atoms in total. The number of pyridine rings is 1. The number of nitrogens with one attached hydrogen (secondary N) is 2. The Balaban J connectivity index is 2.20. The van der Waals surface area contributed by atoms with Gasteiger partial charge in [-0.3, -0.25) is 19.3 Å². The Morgan fingerprint density at radius 3 is 2.60 bits per heavy atom. The minimum Gasteiger partial charge on any atom is -0.328 e. The Morgan fingerprint density at radius 2 is 2.00 bits per heavy atom. The molecule has 0 spiro atoms. The predicted octanol–water partition coefficient (Wildman–Crippen LogP) is -1.20. The van der Waals surface area contributed by atoms with Gasteiger partial charge in [-0.2, -0.15) is 4.72 Å². The number of carbonyl (C=O) groups is 2. The minimum absolute atomic E-state index is 0.0983. The van der Waals surface area contributed by atoms with Crippen molar-refractivity contribution in [3.8, 4) is 0 Å². The molecule has 20 heavy (non-hydrogen) atoms. The summed E-state index contributed by atoms with van der Waals surface area (Å²) >= 11 is 0. The molecular weight excluding hydrogens is 286 g/mol. The van der Waals surface area contributed by atoms with E-state index >= 15 is 0 Å². The number of aromatic nitrogens is 1. The van der Waals surface area contributed by atoms with Gasteiger partial charge in [0.2, 0.25) is 27.4 Å². The van der Waals surface area contributed by atoms with Crippen LogP contribution in [-0.4, -0.2) is 43.2 Å². The molecule has 1 aromatic heterocycles. The van der Waals surface area contributed by atoms with Gasteiger partial charge in [-0.15, -0.1) is 0 Å². The van der Waals surface area contributed by atoms with Crippen molar-refractivity contribution in [2.24, 2.45) is 0 Å². The fourth-order valence-corrected chi connectivity index (χ4v) is 3.03. The Kier molecular flexibility index (Phi) is 3.73. The van der Waals surface area contributed by atoms with Gasteiger partial charge in [0.05, 0.1) is 4.90 Å². The first-order valence-corrected chi connectivity index (χ1v) is 7.31. The van der Waals surface area contributed by atoms with Crippen molar-refractivity contribution in [2.75, 3.05) is 7.05 Å². The molecule has 2 amide bonds. The number of amides is 2. The molecule has 0 radical (unpaired) electrons. The van der Waals surface area contributed by atoms with Crippen molar-refractivity contribution in [3.63, 3.8) is 0 Å². The average molecular weight is 299 g/mol. The van der Waals surface area contributed by atoms with Gasteiger partial charge in [0.15, 0.2) is 0 Å². The number of nitrogens with zero attached hydrogens (tertiary/aromatic N) is 1. The molecule has 0 aromatic carbocycles. The number of likely N-dealkylation sites (N-methyl/N-ethyl adjacent to an activating group) is 1. The molecule has 1 fully saturated rings. The summed E-state index contributed by atoms with van der Waals surface area (Å²) in [6, 6.07) is 1.24. The Labute approximate surface area is 114 Å². The van der Waals surface area contributed by atoms with Crippen molar-refractivity contribution < 1.29 is 18.0 Å². The highest BCUT2D eigenvalue weighted by molar-refractivity contribution is 7.89. The van der Waals surface area contributed by atoms with Crippen LogP contribution in [-0.2, 0) is 19.6 Å². The molecule has 9 heteroatoms. The van der Waals surface area contributed by atoms with Crippen molar-refractivity contribution in [1.29, 1.82) is 0 Å². The number of hydrogen-bond acceptors (Lipinski definition) is 5. The van der Waals surface area contributed by atoms with E-state index in [1.165, 1.54) is 7.05 Å². The zero-order valence-corrected chi connectivity index (χ0v) is 11.4. The molecule has 1 unspecified atom stereocenters. The largest absolute Gasteiger partial charge is 0.328 e. The van der Waals surface area contributed by atoms with Crippen LogP contribution in [0.1, 0.15) is 12.8 Å². The van der Waals surface area contributed by atoms with Crippen LogP contribution in [0, 0.1) is 0 Å². The summed E-state index contributed by atoms with van der Waals surface area (Å²) in [4.78, 5) is 37.0. The van der Waals surface area contributed by atoms with Crippen LogP contribution in [0.2, 0.25) is 0 Å². The quantitative estimate of drug-likeness (QED) is 0.680. The number of piperidine rings is 1. The summed E-state index contributed by atoms with van der Waals surface area (Å²) in [5.41, 5.74) is -0.428. The van der Waals surface area contributed by atoms with Crippen molar-refractivity contribution in [1.82, 2.24) is 14.6 Å². The molecule has 1 aliphatic rings. The molecule has 0 aliphatic carbocycles. The summed E-state index contributed by atoms with van der Waals surface area (Å²) in [7, 11) is -2.62. The van der Waals surface area contributed by atoms with E-state index in [-0.39, 0.29) is 23.6 Å². The van der Waals surface area contributed by atoms with Crippen molar-refractivity contribution in [3.05, 3.63) is 28.7 Å². The molecule has 1 atom stereocenters. The average Bonchev–Trinajstić information content (AvgIpc) is 2.40. The molecule has 1 aliphatic heterocycles. The topological polar surface area (TPSA) is 116 Å². The van der Waals surface area contributed by atoms with Gasteiger partial charge < -0.3 is 4.98 Å². The highest BCUT2D eigenvalue weighted by atomic mass is 32.2. The third-order valence-electron chi connectivity index (χ3n) is 3.01. The zero-order chi connectivity index (χ0) is 14.9. The Hall–Kier alpha value is -2.00. The number of hydrogen-bond donors (Lipinski definition) is 2. The molecule has 2 heterocycles. The summed E-state index contributed by atoms with van der Waals surface area (Å²) in [6.07, 6.45) is 1.26. The van der Waals surface area contributed by atoms with Crippen LogP contribution in [0.4, 0.5) is 0 Å². The lowest BCUT2D eigenvalue weighted by Gasteiger charge is -2.27. The van der Waals surface area contributed by atoms with E-state index in [0.29, 0.717) is 0 Å². The van der Waals surface area contributed by atoms with Gasteiger partial charge in [-0.1, -0.05) is 0 Å². The number of likely N-dealkylation sites (tertiary alicyclic amines) is 1. The van der Waals surface area contributed by atoms with Gasteiger partial charge in [-0.25, -0.2) is 8.42 Å². The van der Waals surface area contributed by atoms with Crippen LogP contribution in [0.25, 0.3) is 0 Å². The molecule has 108 valence electrons. The number of rotatable bonds is 3. The van der Waals surface area contributed by atoms with Crippen molar-refractivity contribution >= 4 is 21.8 Å². The van der Waals surface area contributed by atoms with Gasteiger partial charge in [-0.05, 0) is 12.5 Å². The second-order valence-corrected chi connectivity index (χ2v) is 6.11. The molecule has 0 saturated carbocycles. The Bertz CT molecular complexity index is 689. The first-order chi connectivity index (χ1) is 9.31. The highest BCUT2D eigenvalue weighted by Gasteiger charge is 2.34. The minimum atomic E-state index is -3.93. The molecular formula is C11H13N3O5S. The van der Waals surface area contributed by atoms with Crippen LogP contribution in [0.5, 0.6) is 0 Å². The number of sulfonamides is 1. The number of H-pyrrole nitrogens is 1. The maximum Gasteiger partial charge on any atom is 0.247 e. The molecule has 1 saturated heterocycles. The Morgan fingerprint density at radius 1 is 1.30 bits per heavy atom. The van der Waals surface area contributed by atoms with Gasteiger partial charge in [0.25, 0.3) is 0 Å². The molecule has 2 N–H and O–H groups in total. The van der Waals surface area contributed by atoms with E-state index in [1.54, 1.807) is 0 Å². The summed E-state index contributed by atoms with van der Waals surface area (Å²) < 4.78 is 26.4. The van der Waals surface area contributed by atoms with E-state index in [2.05, 4.69) is 9.71 Å². The lowest BCUT2D eigenvalue weighted by Crippen LogP contribution is -2.52. The fraction of sp³-hybridized carbons (Fsp3) is 0.364. The zero-order valence-electron chi connectivity index (χ0n) is 10.6.